The summed E-state index contributed by atoms with van der Waals surface area (Å²) < 4.78 is 10.5. The Kier molecular flexibility index (Phi) is 6.55. The van der Waals surface area contributed by atoms with Gasteiger partial charge in [0.1, 0.15) is 11.5 Å². The highest BCUT2D eigenvalue weighted by atomic mass is 16.5. The van der Waals surface area contributed by atoms with Crippen LogP contribution in [0.1, 0.15) is 37.8 Å². The van der Waals surface area contributed by atoms with Gasteiger partial charge in [-0.2, -0.15) is 0 Å². The van der Waals surface area contributed by atoms with Crippen LogP contribution in [0.2, 0.25) is 0 Å². The third-order valence-corrected chi connectivity index (χ3v) is 3.61. The summed E-state index contributed by atoms with van der Waals surface area (Å²) in [5.74, 6) is 0.122. The van der Waals surface area contributed by atoms with E-state index in [0.29, 0.717) is 11.5 Å². The van der Waals surface area contributed by atoms with E-state index >= 15 is 0 Å². The van der Waals surface area contributed by atoms with Crippen molar-refractivity contribution in [1.29, 1.82) is 0 Å². The van der Waals surface area contributed by atoms with Crippen LogP contribution in [0.25, 0.3) is 0 Å². The van der Waals surface area contributed by atoms with E-state index in [9.17, 15) is 9.59 Å². The Labute approximate surface area is 142 Å². The fourth-order valence-corrected chi connectivity index (χ4v) is 2.23. The maximum Gasteiger partial charge on any atom is 0.311 e. The molecule has 126 valence electrons. The van der Waals surface area contributed by atoms with Crippen LogP contribution in [0.15, 0.2) is 48.5 Å². The number of ether oxygens (including phenoxy) is 2. The third-order valence-electron chi connectivity index (χ3n) is 3.61. The van der Waals surface area contributed by atoms with Crippen molar-refractivity contribution in [2.24, 2.45) is 0 Å². The molecule has 4 nitrogen and oxygen atoms in total. The van der Waals surface area contributed by atoms with E-state index in [-0.39, 0.29) is 12.8 Å². The van der Waals surface area contributed by atoms with Crippen molar-refractivity contribution in [3.63, 3.8) is 0 Å². The molecule has 0 heterocycles. The number of carbonyl (C=O) groups excluding carboxylic acids is 2. The van der Waals surface area contributed by atoms with Gasteiger partial charge in [0.25, 0.3) is 0 Å². The Morgan fingerprint density at radius 3 is 1.54 bits per heavy atom. The fraction of sp³-hybridized carbons (Fsp3) is 0.300. The lowest BCUT2D eigenvalue weighted by molar-refractivity contribution is -0.140. The molecule has 2 rings (SSSR count). The minimum absolute atomic E-state index is 0.0113. The maximum absolute atomic E-state index is 11.8. The lowest BCUT2D eigenvalue weighted by Gasteiger charge is -2.07. The number of hydrogen-bond acceptors (Lipinski definition) is 4. The van der Waals surface area contributed by atoms with Gasteiger partial charge in [0.2, 0.25) is 0 Å². The second-order valence-corrected chi connectivity index (χ2v) is 5.45. The average molecular weight is 326 g/mol. The SMILES string of the molecule is CCc1cccc(OC(=O)CCC(=O)Oc2cccc(CC)c2)c1. The lowest BCUT2D eigenvalue weighted by Crippen LogP contribution is -2.14. The first-order chi connectivity index (χ1) is 11.6. The molecule has 0 amide bonds. The van der Waals surface area contributed by atoms with Gasteiger partial charge in [0.05, 0.1) is 12.8 Å². The number of hydrogen-bond donors (Lipinski definition) is 0. The predicted molar refractivity (Wildman–Crippen MR) is 92.1 cm³/mol. The molecule has 2 aromatic carbocycles. The van der Waals surface area contributed by atoms with Crippen molar-refractivity contribution >= 4 is 11.9 Å². The van der Waals surface area contributed by atoms with Gasteiger partial charge in [-0.3, -0.25) is 9.59 Å². The average Bonchev–Trinajstić information content (AvgIpc) is 2.60. The van der Waals surface area contributed by atoms with E-state index in [0.717, 1.165) is 24.0 Å². The zero-order chi connectivity index (χ0) is 17.4. The molecule has 0 bridgehead atoms. The number of rotatable bonds is 7. The molecule has 2 aromatic rings. The van der Waals surface area contributed by atoms with Crippen LogP contribution >= 0.6 is 0 Å². The minimum Gasteiger partial charge on any atom is -0.427 e. The molecule has 0 atom stereocenters. The number of benzene rings is 2. The Bertz CT molecular complexity index is 645. The van der Waals surface area contributed by atoms with Gasteiger partial charge in [-0.25, -0.2) is 0 Å². The van der Waals surface area contributed by atoms with Gasteiger partial charge >= 0.3 is 11.9 Å². The highest BCUT2D eigenvalue weighted by molar-refractivity contribution is 5.80. The monoisotopic (exact) mass is 326 g/mol. The number of aryl methyl sites for hydroxylation is 2. The quantitative estimate of drug-likeness (QED) is 0.568. The van der Waals surface area contributed by atoms with Crippen molar-refractivity contribution in [3.05, 3.63) is 59.7 Å². The lowest BCUT2D eigenvalue weighted by atomic mass is 10.2. The number of carbonyl (C=O) groups is 2. The summed E-state index contributed by atoms with van der Waals surface area (Å²) in [5.41, 5.74) is 2.19. The van der Waals surface area contributed by atoms with E-state index in [4.69, 9.17) is 9.47 Å². The molecule has 0 N–H and O–H groups in total. The summed E-state index contributed by atoms with van der Waals surface area (Å²) in [6, 6.07) is 14.7. The van der Waals surface area contributed by atoms with Gasteiger partial charge in [-0.15, -0.1) is 0 Å². The largest absolute Gasteiger partial charge is 0.427 e. The van der Waals surface area contributed by atoms with Crippen LogP contribution < -0.4 is 9.47 Å². The zero-order valence-electron chi connectivity index (χ0n) is 14.1. The van der Waals surface area contributed by atoms with Crippen LogP contribution in [0, 0.1) is 0 Å². The van der Waals surface area contributed by atoms with Gasteiger partial charge in [-0.05, 0) is 48.2 Å². The molecule has 0 aliphatic carbocycles. The first-order valence-electron chi connectivity index (χ1n) is 8.20. The normalized spacial score (nSPS) is 10.2. The first kappa shape index (κ1) is 17.7. The molecule has 0 radical (unpaired) electrons. The predicted octanol–water partition coefficient (Wildman–Crippen LogP) is 4.10. The molecule has 0 fully saturated rings. The summed E-state index contributed by atoms with van der Waals surface area (Å²) in [6.45, 7) is 4.06. The van der Waals surface area contributed by atoms with E-state index in [1.165, 1.54) is 0 Å². The van der Waals surface area contributed by atoms with Crippen LogP contribution in [0.4, 0.5) is 0 Å². The Morgan fingerprint density at radius 2 is 1.17 bits per heavy atom. The minimum atomic E-state index is -0.442. The summed E-state index contributed by atoms with van der Waals surface area (Å²) in [5, 5.41) is 0. The standard InChI is InChI=1S/C20H22O4/c1-3-15-7-5-9-17(13-15)23-19(21)11-12-20(22)24-18-10-6-8-16(4-2)14-18/h5-10,13-14H,3-4,11-12H2,1-2H3. The van der Waals surface area contributed by atoms with Gasteiger partial charge < -0.3 is 9.47 Å². The van der Waals surface area contributed by atoms with E-state index in [2.05, 4.69) is 0 Å². The number of esters is 2. The fourth-order valence-electron chi connectivity index (χ4n) is 2.23. The van der Waals surface area contributed by atoms with Crippen molar-refractivity contribution in [3.8, 4) is 11.5 Å². The topological polar surface area (TPSA) is 52.6 Å². The van der Waals surface area contributed by atoms with Gasteiger partial charge in [0, 0.05) is 0 Å². The van der Waals surface area contributed by atoms with Crippen LogP contribution in [0.5, 0.6) is 11.5 Å². The molecule has 0 saturated carbocycles. The zero-order valence-corrected chi connectivity index (χ0v) is 14.1. The second kappa shape index (κ2) is 8.87. The van der Waals surface area contributed by atoms with Crippen molar-refractivity contribution in [2.75, 3.05) is 0 Å². The first-order valence-corrected chi connectivity index (χ1v) is 8.20. The molecular formula is C20H22O4. The van der Waals surface area contributed by atoms with Gasteiger partial charge in [0.15, 0.2) is 0 Å². The maximum atomic E-state index is 11.8. The Morgan fingerprint density at radius 1 is 0.750 bits per heavy atom. The Hall–Kier alpha value is -2.62. The molecule has 0 aliphatic rings. The molecule has 24 heavy (non-hydrogen) atoms. The van der Waals surface area contributed by atoms with Crippen molar-refractivity contribution in [2.45, 2.75) is 39.5 Å². The molecule has 0 saturated heterocycles. The second-order valence-electron chi connectivity index (χ2n) is 5.45. The molecule has 0 aliphatic heterocycles. The van der Waals surface area contributed by atoms with Crippen LogP contribution in [0.3, 0.4) is 0 Å². The molecule has 0 aromatic heterocycles. The van der Waals surface area contributed by atoms with Crippen molar-refractivity contribution < 1.29 is 19.1 Å². The summed E-state index contributed by atoms with van der Waals surface area (Å²) in [4.78, 5) is 23.7. The van der Waals surface area contributed by atoms with Crippen LogP contribution in [-0.4, -0.2) is 11.9 Å². The molecule has 0 spiro atoms. The smallest absolute Gasteiger partial charge is 0.311 e. The molecule has 0 unspecified atom stereocenters. The van der Waals surface area contributed by atoms with E-state index in [1.807, 2.05) is 50.2 Å². The van der Waals surface area contributed by atoms with E-state index < -0.39 is 11.9 Å². The van der Waals surface area contributed by atoms with Crippen molar-refractivity contribution in [1.82, 2.24) is 0 Å². The highest BCUT2D eigenvalue weighted by Gasteiger charge is 2.11. The highest BCUT2D eigenvalue weighted by Crippen LogP contribution is 2.16. The molecular weight excluding hydrogens is 304 g/mol. The molecule has 4 heteroatoms. The third kappa shape index (κ3) is 5.54. The summed E-state index contributed by atoms with van der Waals surface area (Å²) >= 11 is 0. The summed E-state index contributed by atoms with van der Waals surface area (Å²) in [6.07, 6.45) is 1.72. The summed E-state index contributed by atoms with van der Waals surface area (Å²) in [7, 11) is 0. The Balaban J connectivity index is 1.81. The van der Waals surface area contributed by atoms with Gasteiger partial charge in [-0.1, -0.05) is 38.1 Å². The van der Waals surface area contributed by atoms with E-state index in [1.54, 1.807) is 12.1 Å². The van der Waals surface area contributed by atoms with Crippen LogP contribution in [-0.2, 0) is 22.4 Å².